The zero-order valence-corrected chi connectivity index (χ0v) is 22.4. The Morgan fingerprint density at radius 2 is 1.66 bits per heavy atom. The molecule has 3 amide bonds. The van der Waals surface area contributed by atoms with Crippen LogP contribution in [0.3, 0.4) is 0 Å². The molecule has 0 radical (unpaired) electrons. The average Bonchev–Trinajstić information content (AvgIpc) is 2.89. The number of hydrogen-bond donors (Lipinski definition) is 0. The van der Waals surface area contributed by atoms with Gasteiger partial charge in [0.05, 0.1) is 46.7 Å². The highest BCUT2D eigenvalue weighted by Gasteiger charge is 2.47. The predicted octanol–water partition coefficient (Wildman–Crippen LogP) is 3.85. The highest BCUT2D eigenvalue weighted by atomic mass is 16.6. The van der Waals surface area contributed by atoms with Gasteiger partial charge in [-0.3, -0.25) is 14.5 Å². The van der Waals surface area contributed by atoms with Crippen molar-refractivity contribution in [2.24, 2.45) is 0 Å². The van der Waals surface area contributed by atoms with Crippen molar-refractivity contribution < 1.29 is 38.1 Å². The summed E-state index contributed by atoms with van der Waals surface area (Å²) in [5.74, 6) is 0.205. The summed E-state index contributed by atoms with van der Waals surface area (Å²) < 4.78 is 28.5. The van der Waals surface area contributed by atoms with E-state index < -0.39 is 36.6 Å². The quantitative estimate of drug-likeness (QED) is 0.513. The fourth-order valence-electron chi connectivity index (χ4n) is 4.86. The van der Waals surface area contributed by atoms with Gasteiger partial charge in [-0.25, -0.2) is 9.69 Å². The number of ether oxygens (including phenoxy) is 5. The van der Waals surface area contributed by atoms with Crippen LogP contribution in [0.4, 0.5) is 4.79 Å². The summed E-state index contributed by atoms with van der Waals surface area (Å²) in [5.41, 5.74) is 2.76. The van der Waals surface area contributed by atoms with Gasteiger partial charge in [0.25, 0.3) is 5.91 Å². The van der Waals surface area contributed by atoms with Gasteiger partial charge in [0.1, 0.15) is 18.0 Å². The largest absolute Gasteiger partial charge is 0.496 e. The molecule has 10 heteroatoms. The zero-order chi connectivity index (χ0) is 27.6. The summed E-state index contributed by atoms with van der Waals surface area (Å²) in [6, 6.07) is 8.85. The van der Waals surface area contributed by atoms with Gasteiger partial charge < -0.3 is 23.7 Å². The van der Waals surface area contributed by atoms with E-state index in [1.807, 2.05) is 37.3 Å². The van der Waals surface area contributed by atoms with Crippen molar-refractivity contribution in [3.8, 4) is 17.2 Å². The van der Waals surface area contributed by atoms with E-state index in [0.717, 1.165) is 10.5 Å². The van der Waals surface area contributed by atoms with Gasteiger partial charge >= 0.3 is 6.09 Å². The van der Waals surface area contributed by atoms with E-state index in [1.165, 1.54) is 26.2 Å². The number of piperazine rings is 1. The summed E-state index contributed by atoms with van der Waals surface area (Å²) in [6.07, 6.45) is 0.214. The van der Waals surface area contributed by atoms with Gasteiger partial charge in [-0.05, 0) is 32.4 Å². The summed E-state index contributed by atoms with van der Waals surface area (Å²) in [6.45, 7) is 5.02. The van der Waals surface area contributed by atoms with E-state index in [9.17, 15) is 14.4 Å². The van der Waals surface area contributed by atoms with Crippen molar-refractivity contribution in [2.45, 2.75) is 39.5 Å². The molecule has 1 fully saturated rings. The van der Waals surface area contributed by atoms with Crippen LogP contribution in [-0.2, 0) is 25.7 Å². The lowest BCUT2D eigenvalue weighted by Crippen LogP contribution is -2.56. The Bertz CT molecular complexity index is 1270. The average molecular weight is 525 g/mol. The first-order chi connectivity index (χ1) is 18.2. The lowest BCUT2D eigenvalue weighted by Gasteiger charge is -2.42. The number of methoxy groups -OCH3 is 3. The molecule has 202 valence electrons. The first kappa shape index (κ1) is 27.0. The third kappa shape index (κ3) is 4.79. The lowest BCUT2D eigenvalue weighted by molar-refractivity contribution is -0.147. The summed E-state index contributed by atoms with van der Waals surface area (Å²) in [7, 11) is 4.55. The van der Waals surface area contributed by atoms with E-state index in [4.69, 9.17) is 23.7 Å². The minimum Gasteiger partial charge on any atom is -0.496 e. The number of hydrogen-bond acceptors (Lipinski definition) is 8. The Morgan fingerprint density at radius 1 is 1.00 bits per heavy atom. The molecule has 1 atom stereocenters. The molecule has 2 aliphatic heterocycles. The minimum atomic E-state index is -0.878. The minimum absolute atomic E-state index is 0.0210. The second-order valence-corrected chi connectivity index (χ2v) is 9.19. The Hall–Kier alpha value is -4.05. The van der Waals surface area contributed by atoms with Crippen LogP contribution in [0.25, 0.3) is 6.08 Å². The first-order valence-corrected chi connectivity index (χ1v) is 12.2. The molecule has 10 nitrogen and oxygen atoms in total. The van der Waals surface area contributed by atoms with E-state index in [2.05, 4.69) is 0 Å². The van der Waals surface area contributed by atoms with Crippen LogP contribution in [0.1, 0.15) is 42.1 Å². The van der Waals surface area contributed by atoms with Crippen LogP contribution in [0.5, 0.6) is 17.2 Å². The maximum atomic E-state index is 13.6. The number of amides is 3. The zero-order valence-electron chi connectivity index (χ0n) is 22.4. The van der Waals surface area contributed by atoms with Crippen molar-refractivity contribution >= 4 is 24.0 Å². The monoisotopic (exact) mass is 524 g/mol. The molecule has 2 aromatic carbocycles. The van der Waals surface area contributed by atoms with Crippen LogP contribution in [-0.4, -0.2) is 68.3 Å². The number of nitrogens with zero attached hydrogens (tertiary/aromatic N) is 2. The molecule has 1 saturated heterocycles. The molecule has 0 unspecified atom stereocenters. The molecule has 0 spiro atoms. The molecule has 0 aromatic heterocycles. The molecule has 4 rings (SSSR count). The van der Waals surface area contributed by atoms with Gasteiger partial charge in [-0.15, -0.1) is 0 Å². The van der Waals surface area contributed by atoms with Crippen molar-refractivity contribution in [1.82, 2.24) is 9.80 Å². The van der Waals surface area contributed by atoms with Crippen molar-refractivity contribution in [3.05, 3.63) is 58.3 Å². The second kappa shape index (κ2) is 11.1. The molecule has 2 aliphatic rings. The standard InChI is InChI=1S/C28H32N2O8/c1-16(2)38-28(33)29-13-22(31)30-20(27(29)32)12-19-23(21(30)15-37-14-18-10-8-7-9-11-18)26(36-6)25(35-5)17(3)24(19)34-4/h7-12,16,21H,13-15H2,1-6H3/t21-/m0/s1. The Kier molecular flexibility index (Phi) is 7.91. The predicted molar refractivity (Wildman–Crippen MR) is 138 cm³/mol. The van der Waals surface area contributed by atoms with Crippen molar-refractivity contribution in [3.63, 3.8) is 0 Å². The van der Waals surface area contributed by atoms with E-state index in [1.54, 1.807) is 19.9 Å². The van der Waals surface area contributed by atoms with Crippen LogP contribution < -0.4 is 14.2 Å². The van der Waals surface area contributed by atoms with Crippen molar-refractivity contribution in [2.75, 3.05) is 34.5 Å². The van der Waals surface area contributed by atoms with E-state index in [-0.39, 0.29) is 18.9 Å². The molecule has 0 aliphatic carbocycles. The Labute approximate surface area is 221 Å². The lowest BCUT2D eigenvalue weighted by atomic mass is 9.88. The Morgan fingerprint density at radius 3 is 2.26 bits per heavy atom. The number of carbonyl (C=O) groups excluding carboxylic acids is 3. The summed E-state index contributed by atoms with van der Waals surface area (Å²) in [5, 5.41) is 0. The maximum absolute atomic E-state index is 13.6. The van der Waals surface area contributed by atoms with Gasteiger partial charge in [-0.2, -0.15) is 0 Å². The van der Waals surface area contributed by atoms with Gasteiger partial charge in [0, 0.05) is 16.7 Å². The Balaban J connectivity index is 1.85. The molecule has 38 heavy (non-hydrogen) atoms. The normalized spacial score (nSPS) is 16.6. The molecule has 2 heterocycles. The van der Waals surface area contributed by atoms with Gasteiger partial charge in [0.15, 0.2) is 11.5 Å². The van der Waals surface area contributed by atoms with Crippen LogP contribution in [0.15, 0.2) is 36.0 Å². The topological polar surface area (TPSA) is 104 Å². The smallest absolute Gasteiger partial charge is 0.417 e. The fourth-order valence-corrected chi connectivity index (χ4v) is 4.86. The number of imide groups is 1. The van der Waals surface area contributed by atoms with Crippen LogP contribution in [0, 0.1) is 6.92 Å². The third-order valence-electron chi connectivity index (χ3n) is 6.44. The van der Waals surface area contributed by atoms with Crippen molar-refractivity contribution in [1.29, 1.82) is 0 Å². The highest BCUT2D eigenvalue weighted by molar-refractivity contribution is 6.13. The van der Waals surface area contributed by atoms with Crippen LogP contribution in [0.2, 0.25) is 0 Å². The number of carbonyl (C=O) groups is 3. The summed E-state index contributed by atoms with van der Waals surface area (Å²) in [4.78, 5) is 41.9. The van der Waals surface area contributed by atoms with Gasteiger partial charge in [-0.1, -0.05) is 30.3 Å². The molecular weight excluding hydrogens is 492 g/mol. The highest BCUT2D eigenvalue weighted by Crippen LogP contribution is 2.51. The molecule has 0 N–H and O–H groups in total. The number of rotatable bonds is 8. The van der Waals surface area contributed by atoms with E-state index >= 15 is 0 Å². The van der Waals surface area contributed by atoms with E-state index in [0.29, 0.717) is 33.9 Å². The molecule has 0 saturated carbocycles. The van der Waals surface area contributed by atoms with Crippen LogP contribution >= 0.6 is 0 Å². The summed E-state index contributed by atoms with van der Waals surface area (Å²) >= 11 is 0. The SMILES string of the molecule is COc1c(C)c(OC)c(OC)c2c1C=C1C(=O)N(C(=O)OC(C)C)CC(=O)N1[C@H]2COCc1ccccc1. The van der Waals surface area contributed by atoms with Gasteiger partial charge in [0.2, 0.25) is 5.91 Å². The first-order valence-electron chi connectivity index (χ1n) is 12.2. The number of benzene rings is 2. The second-order valence-electron chi connectivity index (χ2n) is 9.19. The third-order valence-corrected chi connectivity index (χ3v) is 6.44. The number of fused-ring (bicyclic) bond motifs is 2. The molecule has 0 bridgehead atoms. The fraction of sp³-hybridized carbons (Fsp3) is 0.393. The molecule has 2 aromatic rings. The molecular formula is C28H32N2O8. The maximum Gasteiger partial charge on any atom is 0.417 e.